The second-order valence-electron chi connectivity index (χ2n) is 4.19. The van der Waals surface area contributed by atoms with Gasteiger partial charge in [0, 0.05) is 11.0 Å². The summed E-state index contributed by atoms with van der Waals surface area (Å²) in [4.78, 5) is 0. The Morgan fingerprint density at radius 3 is 2.56 bits per heavy atom. The molecule has 18 heavy (non-hydrogen) atoms. The zero-order chi connectivity index (χ0) is 13.8. The third-order valence-corrected chi connectivity index (χ3v) is 4.12. The number of alkyl halides is 3. The zero-order valence-corrected chi connectivity index (χ0v) is 11.2. The number of benzene rings is 1. The molecule has 2 atom stereocenters. The van der Waals surface area contributed by atoms with Crippen molar-refractivity contribution in [3.8, 4) is 0 Å². The Bertz CT molecular complexity index is 379. The summed E-state index contributed by atoms with van der Waals surface area (Å²) in [5.41, 5.74) is -0.395. The van der Waals surface area contributed by atoms with Gasteiger partial charge in [0.1, 0.15) is 0 Å². The summed E-state index contributed by atoms with van der Waals surface area (Å²) in [7, 11) is 0. The first-order chi connectivity index (χ1) is 8.34. The molecule has 0 aliphatic heterocycles. The number of hydrogen-bond acceptors (Lipinski definition) is 2. The lowest BCUT2D eigenvalue weighted by Crippen LogP contribution is -2.08. The highest BCUT2D eigenvalue weighted by Gasteiger charge is 2.30. The van der Waals surface area contributed by atoms with Crippen molar-refractivity contribution in [3.05, 3.63) is 35.4 Å². The molecule has 0 aromatic heterocycles. The van der Waals surface area contributed by atoms with E-state index in [0.29, 0.717) is 16.6 Å². The van der Waals surface area contributed by atoms with Crippen LogP contribution in [0.5, 0.6) is 0 Å². The van der Waals surface area contributed by atoms with Crippen LogP contribution < -0.4 is 0 Å². The Morgan fingerprint density at radius 1 is 1.33 bits per heavy atom. The quantitative estimate of drug-likeness (QED) is 0.868. The van der Waals surface area contributed by atoms with Crippen molar-refractivity contribution < 1.29 is 18.3 Å². The van der Waals surface area contributed by atoms with Crippen molar-refractivity contribution in [2.24, 2.45) is 0 Å². The van der Waals surface area contributed by atoms with Gasteiger partial charge in [0.2, 0.25) is 0 Å². The lowest BCUT2D eigenvalue weighted by atomic mass is 10.1. The van der Waals surface area contributed by atoms with E-state index in [4.69, 9.17) is 0 Å². The van der Waals surface area contributed by atoms with Gasteiger partial charge in [-0.25, -0.2) is 0 Å². The van der Waals surface area contributed by atoms with Gasteiger partial charge in [-0.05, 0) is 24.1 Å². The van der Waals surface area contributed by atoms with E-state index in [1.54, 1.807) is 11.8 Å². The SMILES string of the molecule is CCC(C)SCC(O)c1cccc(C(F)(F)F)c1. The molecule has 1 aromatic rings. The van der Waals surface area contributed by atoms with E-state index in [1.165, 1.54) is 12.1 Å². The number of thioether (sulfide) groups is 1. The maximum Gasteiger partial charge on any atom is 0.416 e. The normalized spacial score (nSPS) is 15.4. The Labute approximate surface area is 109 Å². The molecule has 1 nitrogen and oxygen atoms in total. The molecule has 1 N–H and O–H groups in total. The lowest BCUT2D eigenvalue weighted by molar-refractivity contribution is -0.137. The molecule has 0 spiro atoms. The number of aliphatic hydroxyl groups is 1. The third-order valence-electron chi connectivity index (χ3n) is 2.71. The molecule has 2 unspecified atom stereocenters. The molecule has 0 bridgehead atoms. The Balaban J connectivity index is 2.71. The maximum absolute atomic E-state index is 12.5. The molecule has 0 aliphatic carbocycles. The second kappa shape index (κ2) is 6.48. The van der Waals surface area contributed by atoms with Crippen LogP contribution in [0.2, 0.25) is 0 Å². The van der Waals surface area contributed by atoms with E-state index >= 15 is 0 Å². The number of aliphatic hydroxyl groups excluding tert-OH is 1. The average molecular weight is 278 g/mol. The topological polar surface area (TPSA) is 20.2 Å². The first kappa shape index (κ1) is 15.4. The molecule has 1 aromatic carbocycles. The van der Waals surface area contributed by atoms with Gasteiger partial charge in [-0.3, -0.25) is 0 Å². The van der Waals surface area contributed by atoms with E-state index in [0.717, 1.165) is 18.6 Å². The molecule has 0 fully saturated rings. The highest BCUT2D eigenvalue weighted by molar-refractivity contribution is 7.99. The largest absolute Gasteiger partial charge is 0.416 e. The van der Waals surface area contributed by atoms with Crippen molar-refractivity contribution in [3.63, 3.8) is 0 Å². The molecule has 0 aliphatic rings. The highest BCUT2D eigenvalue weighted by atomic mass is 32.2. The van der Waals surface area contributed by atoms with E-state index in [1.807, 2.05) is 13.8 Å². The molecule has 0 radical (unpaired) electrons. The predicted octanol–water partition coefficient (Wildman–Crippen LogP) is 4.27. The van der Waals surface area contributed by atoms with Crippen molar-refractivity contribution in [1.29, 1.82) is 0 Å². The summed E-state index contributed by atoms with van der Waals surface area (Å²) in [5, 5.41) is 10.3. The number of hydrogen-bond donors (Lipinski definition) is 1. The highest BCUT2D eigenvalue weighted by Crippen LogP contribution is 2.31. The molecule has 1 rings (SSSR count). The van der Waals surface area contributed by atoms with Gasteiger partial charge in [0.15, 0.2) is 0 Å². The van der Waals surface area contributed by atoms with Crippen LogP contribution in [0, 0.1) is 0 Å². The minimum absolute atomic E-state index is 0.320. The van der Waals surface area contributed by atoms with Gasteiger partial charge >= 0.3 is 6.18 Å². The fourth-order valence-corrected chi connectivity index (χ4v) is 2.33. The second-order valence-corrected chi connectivity index (χ2v) is 5.66. The van der Waals surface area contributed by atoms with E-state index in [2.05, 4.69) is 0 Å². The monoisotopic (exact) mass is 278 g/mol. The summed E-state index contributed by atoms with van der Waals surface area (Å²) in [6.07, 6.45) is -4.24. The van der Waals surface area contributed by atoms with Crippen molar-refractivity contribution in [2.45, 2.75) is 37.8 Å². The first-order valence-corrected chi connectivity index (χ1v) is 6.86. The molecule has 0 heterocycles. The first-order valence-electron chi connectivity index (χ1n) is 5.81. The van der Waals surface area contributed by atoms with Gasteiger partial charge in [-0.1, -0.05) is 26.0 Å². The van der Waals surface area contributed by atoms with Gasteiger partial charge < -0.3 is 5.11 Å². The third kappa shape index (κ3) is 4.53. The van der Waals surface area contributed by atoms with Crippen LogP contribution in [0.1, 0.15) is 37.5 Å². The summed E-state index contributed by atoms with van der Waals surface area (Å²) in [6, 6.07) is 4.88. The smallest absolute Gasteiger partial charge is 0.388 e. The van der Waals surface area contributed by atoms with Crippen LogP contribution in [-0.4, -0.2) is 16.1 Å². The van der Waals surface area contributed by atoms with Crippen LogP contribution in [0.15, 0.2) is 24.3 Å². The number of halogens is 3. The summed E-state index contributed by atoms with van der Waals surface area (Å²) in [5.74, 6) is 0.413. The zero-order valence-electron chi connectivity index (χ0n) is 10.4. The van der Waals surface area contributed by atoms with E-state index in [-0.39, 0.29) is 0 Å². The maximum atomic E-state index is 12.5. The minimum atomic E-state index is -4.36. The van der Waals surface area contributed by atoms with Crippen LogP contribution in [-0.2, 0) is 6.18 Å². The van der Waals surface area contributed by atoms with Gasteiger partial charge in [0.25, 0.3) is 0 Å². The van der Waals surface area contributed by atoms with Gasteiger partial charge in [-0.2, -0.15) is 24.9 Å². The molecule has 0 saturated heterocycles. The summed E-state index contributed by atoms with van der Waals surface area (Å²) < 4.78 is 37.5. The minimum Gasteiger partial charge on any atom is -0.388 e. The average Bonchev–Trinajstić information content (AvgIpc) is 2.34. The van der Waals surface area contributed by atoms with Gasteiger partial charge in [0.05, 0.1) is 11.7 Å². The van der Waals surface area contributed by atoms with Crippen molar-refractivity contribution in [2.75, 3.05) is 5.75 Å². The van der Waals surface area contributed by atoms with E-state index in [9.17, 15) is 18.3 Å². The van der Waals surface area contributed by atoms with E-state index < -0.39 is 17.8 Å². The predicted molar refractivity (Wildman–Crippen MR) is 68.6 cm³/mol. The fraction of sp³-hybridized carbons (Fsp3) is 0.538. The van der Waals surface area contributed by atoms with Crippen LogP contribution in [0.4, 0.5) is 13.2 Å². The molecule has 5 heteroatoms. The molecular weight excluding hydrogens is 261 g/mol. The Kier molecular flexibility index (Phi) is 5.53. The Hall–Kier alpha value is -0.680. The van der Waals surface area contributed by atoms with Crippen LogP contribution in [0.25, 0.3) is 0 Å². The molecule has 102 valence electrons. The molecule has 0 amide bonds. The van der Waals surface area contributed by atoms with Gasteiger partial charge in [-0.15, -0.1) is 0 Å². The van der Waals surface area contributed by atoms with Crippen LogP contribution >= 0.6 is 11.8 Å². The number of rotatable bonds is 5. The summed E-state index contributed by atoms with van der Waals surface area (Å²) in [6.45, 7) is 4.07. The molecule has 0 saturated carbocycles. The molecular formula is C13H17F3OS. The Morgan fingerprint density at radius 2 is 2.00 bits per heavy atom. The van der Waals surface area contributed by atoms with Crippen LogP contribution in [0.3, 0.4) is 0 Å². The van der Waals surface area contributed by atoms with Crippen molar-refractivity contribution in [1.82, 2.24) is 0 Å². The van der Waals surface area contributed by atoms with Crippen molar-refractivity contribution >= 4 is 11.8 Å². The summed E-state index contributed by atoms with van der Waals surface area (Å²) >= 11 is 1.56. The fourth-order valence-electron chi connectivity index (χ4n) is 1.39. The lowest BCUT2D eigenvalue weighted by Gasteiger charge is -2.15. The standard InChI is InChI=1S/C13H17F3OS/c1-3-9(2)18-8-12(17)10-5-4-6-11(7-10)13(14,15)16/h4-7,9,12,17H,3,8H2,1-2H3.